The van der Waals surface area contributed by atoms with Crippen LogP contribution in [0.4, 0.5) is 8.78 Å². The van der Waals surface area contributed by atoms with Gasteiger partial charge in [-0.15, -0.1) is 0 Å². The van der Waals surface area contributed by atoms with Crippen LogP contribution in [0.3, 0.4) is 0 Å². The molecule has 0 aliphatic heterocycles. The largest absolute Gasteiger partial charge is 0.460 e. The fourth-order valence-electron chi connectivity index (χ4n) is 3.56. The van der Waals surface area contributed by atoms with Gasteiger partial charge in [0.15, 0.2) is 5.78 Å². The van der Waals surface area contributed by atoms with E-state index in [0.29, 0.717) is 12.0 Å². The minimum atomic E-state index is -1.40. The molecule has 5 nitrogen and oxygen atoms in total. The molecule has 3 rings (SSSR count). The van der Waals surface area contributed by atoms with E-state index in [1.54, 1.807) is 24.3 Å². The minimum Gasteiger partial charge on any atom is -0.460 e. The van der Waals surface area contributed by atoms with Gasteiger partial charge in [0.1, 0.15) is 22.8 Å². The van der Waals surface area contributed by atoms with Crippen LogP contribution < -0.4 is 5.32 Å². The highest BCUT2D eigenvalue weighted by molar-refractivity contribution is 6.06. The molecule has 1 amide bonds. The molecule has 1 aliphatic rings. The Bertz CT molecular complexity index is 1030. The summed E-state index contributed by atoms with van der Waals surface area (Å²) >= 11 is 0. The predicted octanol–water partition coefficient (Wildman–Crippen LogP) is 4.80. The summed E-state index contributed by atoms with van der Waals surface area (Å²) in [4.78, 5) is 37.6. The van der Waals surface area contributed by atoms with Gasteiger partial charge in [-0.3, -0.25) is 14.4 Å². The van der Waals surface area contributed by atoms with Crippen LogP contribution >= 0.6 is 0 Å². The Morgan fingerprint density at radius 1 is 0.938 bits per heavy atom. The maximum Gasteiger partial charge on any atom is 0.310 e. The third-order valence-corrected chi connectivity index (χ3v) is 5.28. The number of benzene rings is 2. The van der Waals surface area contributed by atoms with Crippen molar-refractivity contribution < 1.29 is 27.9 Å². The molecule has 0 heterocycles. The number of halogens is 2. The third-order valence-electron chi connectivity index (χ3n) is 5.28. The van der Waals surface area contributed by atoms with E-state index in [-0.39, 0.29) is 17.8 Å². The van der Waals surface area contributed by atoms with Crippen molar-refractivity contribution in [2.75, 3.05) is 0 Å². The Labute approximate surface area is 186 Å². The summed E-state index contributed by atoms with van der Waals surface area (Å²) in [6, 6.07) is 9.92. The minimum absolute atomic E-state index is 0.0470. The zero-order valence-electron chi connectivity index (χ0n) is 18.8. The lowest BCUT2D eigenvalue weighted by Gasteiger charge is -2.25. The Balaban J connectivity index is 1.67. The number of hydrogen-bond donors (Lipinski definition) is 1. The normalized spacial score (nSPS) is 18.1. The van der Waals surface area contributed by atoms with Crippen LogP contribution in [0.15, 0.2) is 42.5 Å². The third kappa shape index (κ3) is 5.21. The van der Waals surface area contributed by atoms with Crippen molar-refractivity contribution in [3.63, 3.8) is 0 Å². The molecule has 1 saturated carbocycles. The van der Waals surface area contributed by atoms with Gasteiger partial charge in [-0.25, -0.2) is 8.78 Å². The molecule has 1 N–H and O–H groups in total. The second-order valence-corrected chi connectivity index (χ2v) is 9.61. The quantitative estimate of drug-likeness (QED) is 0.514. The molecule has 1 fully saturated rings. The van der Waals surface area contributed by atoms with Crippen molar-refractivity contribution in [3.05, 3.63) is 70.8 Å². The van der Waals surface area contributed by atoms with E-state index in [0.717, 1.165) is 23.8 Å². The highest BCUT2D eigenvalue weighted by Gasteiger charge is 2.46. The number of amides is 1. The number of nitrogens with one attached hydrogen (secondary N) is 1. The lowest BCUT2D eigenvalue weighted by Crippen LogP contribution is -2.50. The number of carbonyl (C=O) groups excluding carboxylic acids is 3. The Morgan fingerprint density at radius 2 is 1.50 bits per heavy atom. The van der Waals surface area contributed by atoms with Gasteiger partial charge in [0.25, 0.3) is 5.91 Å². The van der Waals surface area contributed by atoms with Gasteiger partial charge in [0, 0.05) is 5.56 Å². The number of esters is 1. The molecule has 1 aliphatic carbocycles. The molecule has 1 unspecified atom stereocenters. The Hall–Kier alpha value is -3.09. The SMILES string of the molecule is CC(C)(C)OC(=O)[C@H]1CC1c1ccc(C(=O)C(C)(C)NC(=O)c2c(F)cccc2F)cc1. The summed E-state index contributed by atoms with van der Waals surface area (Å²) in [5, 5.41) is 2.42. The standard InChI is InChI=1S/C25H27F2NO4/c1-24(2,3)32-23(31)17-13-16(17)14-9-11-15(12-10-14)21(29)25(4,5)28-22(30)20-18(26)7-6-8-19(20)27/h6-12,16-17H,13H2,1-5H3,(H,28,30)/t16?,17-/m0/s1. The molecule has 0 saturated heterocycles. The van der Waals surface area contributed by atoms with Crippen LogP contribution in [0.25, 0.3) is 0 Å². The van der Waals surface area contributed by atoms with Crippen LogP contribution in [0.5, 0.6) is 0 Å². The fraction of sp³-hybridized carbons (Fsp3) is 0.400. The Morgan fingerprint density at radius 3 is 2.03 bits per heavy atom. The Kier molecular flexibility index (Phi) is 6.22. The number of ketones is 1. The predicted molar refractivity (Wildman–Crippen MR) is 115 cm³/mol. The van der Waals surface area contributed by atoms with Crippen molar-refractivity contribution >= 4 is 17.7 Å². The summed E-state index contributed by atoms with van der Waals surface area (Å²) in [6.45, 7) is 8.41. The fourth-order valence-corrected chi connectivity index (χ4v) is 3.56. The lowest BCUT2D eigenvalue weighted by molar-refractivity contribution is -0.156. The second kappa shape index (κ2) is 8.45. The average Bonchev–Trinajstić information content (AvgIpc) is 3.47. The van der Waals surface area contributed by atoms with Gasteiger partial charge in [-0.1, -0.05) is 30.3 Å². The van der Waals surface area contributed by atoms with E-state index >= 15 is 0 Å². The van der Waals surface area contributed by atoms with Gasteiger partial charge in [0.2, 0.25) is 0 Å². The van der Waals surface area contributed by atoms with Gasteiger partial charge in [0.05, 0.1) is 11.5 Å². The first-order valence-electron chi connectivity index (χ1n) is 10.4. The highest BCUT2D eigenvalue weighted by atomic mass is 19.1. The molecule has 0 spiro atoms. The molecule has 2 aromatic carbocycles. The van der Waals surface area contributed by atoms with Crippen LogP contribution in [0.2, 0.25) is 0 Å². The molecule has 2 atom stereocenters. The smallest absolute Gasteiger partial charge is 0.310 e. The van der Waals surface area contributed by atoms with E-state index in [2.05, 4.69) is 5.32 Å². The van der Waals surface area contributed by atoms with Gasteiger partial charge in [-0.2, -0.15) is 0 Å². The molecule has 0 bridgehead atoms. The number of carbonyl (C=O) groups is 3. The van der Waals surface area contributed by atoms with Crippen molar-refractivity contribution in [1.82, 2.24) is 5.32 Å². The van der Waals surface area contributed by atoms with E-state index in [9.17, 15) is 23.2 Å². The molecule has 7 heteroatoms. The topological polar surface area (TPSA) is 72.5 Å². The van der Waals surface area contributed by atoms with Gasteiger partial charge in [-0.05, 0) is 64.7 Å². The first kappa shape index (κ1) is 23.6. The highest BCUT2D eigenvalue weighted by Crippen LogP contribution is 2.48. The number of ether oxygens (including phenoxy) is 1. The molecular formula is C25H27F2NO4. The van der Waals surface area contributed by atoms with Gasteiger partial charge >= 0.3 is 5.97 Å². The molecular weight excluding hydrogens is 416 g/mol. The van der Waals surface area contributed by atoms with Crippen molar-refractivity contribution in [2.24, 2.45) is 5.92 Å². The zero-order valence-corrected chi connectivity index (χ0v) is 18.8. The molecule has 0 radical (unpaired) electrons. The van der Waals surface area contributed by atoms with E-state index in [1.807, 2.05) is 20.8 Å². The first-order valence-corrected chi connectivity index (χ1v) is 10.4. The summed E-state index contributed by atoms with van der Waals surface area (Å²) < 4.78 is 33.2. The summed E-state index contributed by atoms with van der Waals surface area (Å²) in [7, 11) is 0. The second-order valence-electron chi connectivity index (χ2n) is 9.61. The number of hydrogen-bond acceptors (Lipinski definition) is 4. The van der Waals surface area contributed by atoms with Gasteiger partial charge < -0.3 is 10.1 Å². The van der Waals surface area contributed by atoms with Crippen LogP contribution in [0.1, 0.15) is 73.2 Å². The summed E-state index contributed by atoms with van der Waals surface area (Å²) in [6.07, 6.45) is 0.692. The van der Waals surface area contributed by atoms with Crippen molar-refractivity contribution in [3.8, 4) is 0 Å². The van der Waals surface area contributed by atoms with Crippen molar-refractivity contribution in [1.29, 1.82) is 0 Å². The summed E-state index contributed by atoms with van der Waals surface area (Å²) in [5.41, 5.74) is -1.41. The molecule has 0 aromatic heterocycles. The summed E-state index contributed by atoms with van der Waals surface area (Å²) in [5.74, 6) is -3.79. The maximum absolute atomic E-state index is 13.9. The van der Waals surface area contributed by atoms with E-state index < -0.39 is 40.0 Å². The monoisotopic (exact) mass is 443 g/mol. The number of rotatable bonds is 6. The maximum atomic E-state index is 13.9. The van der Waals surface area contributed by atoms with Crippen LogP contribution in [-0.2, 0) is 9.53 Å². The molecule has 32 heavy (non-hydrogen) atoms. The average molecular weight is 443 g/mol. The molecule has 170 valence electrons. The van der Waals surface area contributed by atoms with Crippen molar-refractivity contribution in [2.45, 2.75) is 58.1 Å². The first-order chi connectivity index (χ1) is 14.8. The van der Waals surface area contributed by atoms with E-state index in [4.69, 9.17) is 4.74 Å². The van der Waals surface area contributed by atoms with Crippen LogP contribution in [0, 0.1) is 17.6 Å². The zero-order chi connectivity index (χ0) is 23.8. The lowest BCUT2D eigenvalue weighted by atomic mass is 9.91. The van der Waals surface area contributed by atoms with E-state index in [1.165, 1.54) is 13.8 Å². The van der Waals surface area contributed by atoms with Crippen LogP contribution in [-0.4, -0.2) is 28.8 Å². The molecule has 2 aromatic rings. The number of Topliss-reactive ketones (excluding diaryl/α,β-unsaturated/α-hetero) is 1.